The van der Waals surface area contributed by atoms with Crippen LogP contribution in [0.4, 0.5) is 0 Å². The van der Waals surface area contributed by atoms with Gasteiger partial charge in [-0.2, -0.15) is 0 Å². The van der Waals surface area contributed by atoms with Crippen LogP contribution in [0.5, 0.6) is 5.88 Å². The number of ether oxygens (including phenoxy) is 1. The number of benzene rings is 3. The fraction of sp³-hybridized carbons (Fsp3) is 0.310. The molecular formula is C29H30N2O3. The molecule has 0 spiro atoms. The minimum Gasteiger partial charge on any atom is -0.494 e. The van der Waals surface area contributed by atoms with Crippen LogP contribution in [0.3, 0.4) is 0 Å². The topological polar surface area (TPSA) is 70.4 Å². The van der Waals surface area contributed by atoms with Crippen molar-refractivity contribution in [2.24, 2.45) is 0 Å². The monoisotopic (exact) mass is 454 g/mol. The highest BCUT2D eigenvalue weighted by atomic mass is 16.5. The van der Waals surface area contributed by atoms with Crippen molar-refractivity contribution in [2.45, 2.75) is 52.4 Å². The number of hydrogen-bond acceptors (Lipinski definition) is 3. The van der Waals surface area contributed by atoms with E-state index in [1.807, 2.05) is 6.20 Å². The van der Waals surface area contributed by atoms with Crippen LogP contribution in [0.2, 0.25) is 0 Å². The first kappa shape index (κ1) is 21.3. The summed E-state index contributed by atoms with van der Waals surface area (Å²) < 4.78 is 8.43. The third-order valence-corrected chi connectivity index (χ3v) is 6.96. The number of aromatic amines is 1. The van der Waals surface area contributed by atoms with E-state index in [1.165, 1.54) is 22.2 Å². The number of aryl methyl sites for hydroxylation is 1. The first-order chi connectivity index (χ1) is 16.4. The Morgan fingerprint density at radius 2 is 1.88 bits per heavy atom. The lowest BCUT2D eigenvalue weighted by Gasteiger charge is -2.19. The molecule has 34 heavy (non-hydrogen) atoms. The molecule has 1 aliphatic rings. The minimum atomic E-state index is -0.212. The van der Waals surface area contributed by atoms with Crippen LogP contribution in [0.25, 0.3) is 43.7 Å². The van der Waals surface area contributed by atoms with E-state index in [0.717, 1.165) is 51.2 Å². The molecule has 5 nitrogen and oxygen atoms in total. The van der Waals surface area contributed by atoms with Gasteiger partial charge in [-0.25, -0.2) is 0 Å². The van der Waals surface area contributed by atoms with E-state index in [9.17, 15) is 10.2 Å². The Kier molecular flexibility index (Phi) is 4.77. The quantitative estimate of drug-likeness (QED) is 0.288. The Labute approximate surface area is 198 Å². The Balaban J connectivity index is 1.71. The van der Waals surface area contributed by atoms with Crippen molar-refractivity contribution in [2.75, 3.05) is 6.61 Å². The van der Waals surface area contributed by atoms with Crippen molar-refractivity contribution in [1.82, 2.24) is 9.55 Å². The van der Waals surface area contributed by atoms with Crippen LogP contribution < -0.4 is 0 Å². The molecule has 0 fully saturated rings. The van der Waals surface area contributed by atoms with E-state index in [2.05, 4.69) is 72.8 Å². The average Bonchev–Trinajstić information content (AvgIpc) is 3.47. The predicted octanol–water partition coefficient (Wildman–Crippen LogP) is 6.25. The highest BCUT2D eigenvalue weighted by Crippen LogP contribution is 2.50. The van der Waals surface area contributed by atoms with E-state index in [0.29, 0.717) is 13.0 Å². The number of aliphatic hydroxyl groups is 1. The second-order valence-corrected chi connectivity index (χ2v) is 10.3. The summed E-state index contributed by atoms with van der Waals surface area (Å²) in [5.41, 5.74) is 8.12. The second kappa shape index (κ2) is 7.62. The van der Waals surface area contributed by atoms with Crippen LogP contribution in [0.15, 0.2) is 48.7 Å². The summed E-state index contributed by atoms with van der Waals surface area (Å²) in [6, 6.07) is 15.0. The largest absolute Gasteiger partial charge is 0.494 e. The van der Waals surface area contributed by atoms with Gasteiger partial charge in [0.15, 0.2) is 5.88 Å². The van der Waals surface area contributed by atoms with Gasteiger partial charge < -0.3 is 24.5 Å². The van der Waals surface area contributed by atoms with Gasteiger partial charge in [-0.3, -0.25) is 0 Å². The number of nitrogens with zero attached hydrogens (tertiary/aromatic N) is 1. The molecule has 0 saturated carbocycles. The third kappa shape index (κ3) is 3.15. The average molecular weight is 455 g/mol. The summed E-state index contributed by atoms with van der Waals surface area (Å²) in [5.74, 6) is 0.216. The highest BCUT2D eigenvalue weighted by molar-refractivity contribution is 6.27. The molecule has 0 amide bonds. The molecule has 3 N–H and O–H groups in total. The fourth-order valence-electron chi connectivity index (χ4n) is 5.55. The number of aliphatic hydroxyl groups excluding tert-OH is 1. The van der Waals surface area contributed by atoms with Gasteiger partial charge in [-0.1, -0.05) is 30.3 Å². The van der Waals surface area contributed by atoms with Gasteiger partial charge in [-0.15, -0.1) is 0 Å². The lowest BCUT2D eigenvalue weighted by Crippen LogP contribution is -2.18. The summed E-state index contributed by atoms with van der Waals surface area (Å²) in [6.45, 7) is 7.63. The molecule has 0 radical (unpaired) electrons. The maximum Gasteiger partial charge on any atom is 0.197 e. The van der Waals surface area contributed by atoms with Crippen molar-refractivity contribution in [3.05, 3.63) is 65.4 Å². The van der Waals surface area contributed by atoms with E-state index in [4.69, 9.17) is 4.74 Å². The zero-order valence-corrected chi connectivity index (χ0v) is 19.9. The first-order valence-corrected chi connectivity index (χ1v) is 12.0. The molecule has 174 valence electrons. The van der Waals surface area contributed by atoms with Crippen molar-refractivity contribution in [3.8, 4) is 17.0 Å². The number of H-pyrrole nitrogens is 1. The lowest BCUT2D eigenvalue weighted by atomic mass is 9.96. The van der Waals surface area contributed by atoms with Crippen LogP contribution in [0.1, 0.15) is 43.9 Å². The Morgan fingerprint density at radius 1 is 1.06 bits per heavy atom. The maximum atomic E-state index is 10.9. The van der Waals surface area contributed by atoms with Crippen molar-refractivity contribution >= 4 is 32.6 Å². The van der Waals surface area contributed by atoms with Gasteiger partial charge in [-0.05, 0) is 61.6 Å². The predicted molar refractivity (Wildman–Crippen MR) is 137 cm³/mol. The Morgan fingerprint density at radius 3 is 2.68 bits per heavy atom. The zero-order valence-electron chi connectivity index (χ0n) is 19.9. The molecule has 0 aliphatic heterocycles. The van der Waals surface area contributed by atoms with Gasteiger partial charge in [0.05, 0.1) is 23.1 Å². The molecule has 5 aromatic rings. The van der Waals surface area contributed by atoms with Crippen LogP contribution in [-0.2, 0) is 24.3 Å². The summed E-state index contributed by atoms with van der Waals surface area (Å²) in [7, 11) is 0. The summed E-state index contributed by atoms with van der Waals surface area (Å²) >= 11 is 0. The zero-order chi connectivity index (χ0) is 23.6. The minimum absolute atomic E-state index is 0.147. The second-order valence-electron chi connectivity index (χ2n) is 10.3. The van der Waals surface area contributed by atoms with Gasteiger partial charge in [0.1, 0.15) is 0 Å². The molecule has 0 atom stereocenters. The van der Waals surface area contributed by atoms with Crippen molar-refractivity contribution in [3.63, 3.8) is 0 Å². The highest BCUT2D eigenvalue weighted by Gasteiger charge is 2.29. The lowest BCUT2D eigenvalue weighted by molar-refractivity contribution is -0.0149. The number of aromatic hydroxyl groups is 1. The normalized spacial score (nSPS) is 13.3. The molecule has 0 unspecified atom stereocenters. The molecular weight excluding hydrogens is 424 g/mol. The Hall–Kier alpha value is -3.28. The van der Waals surface area contributed by atoms with E-state index in [-0.39, 0.29) is 18.1 Å². The van der Waals surface area contributed by atoms with Crippen molar-refractivity contribution in [1.29, 1.82) is 0 Å². The van der Waals surface area contributed by atoms with E-state index >= 15 is 0 Å². The van der Waals surface area contributed by atoms with Crippen LogP contribution in [-0.4, -0.2) is 32.0 Å². The van der Waals surface area contributed by atoms with Crippen LogP contribution in [0, 0.1) is 0 Å². The van der Waals surface area contributed by atoms with Crippen molar-refractivity contribution < 1.29 is 14.9 Å². The smallest absolute Gasteiger partial charge is 0.197 e. The number of nitrogens with one attached hydrogen (secondary N) is 1. The molecule has 5 heteroatoms. The summed E-state index contributed by atoms with van der Waals surface area (Å²) in [4.78, 5) is 3.09. The fourth-order valence-corrected chi connectivity index (χ4v) is 5.55. The first-order valence-electron chi connectivity index (χ1n) is 12.0. The molecule has 2 aromatic heterocycles. The van der Waals surface area contributed by atoms with Crippen LogP contribution >= 0.6 is 0 Å². The van der Waals surface area contributed by atoms with Gasteiger partial charge in [0.2, 0.25) is 0 Å². The molecule has 6 rings (SSSR count). The van der Waals surface area contributed by atoms with Gasteiger partial charge >= 0.3 is 0 Å². The Bertz CT molecular complexity index is 1570. The van der Waals surface area contributed by atoms with E-state index in [1.54, 1.807) is 0 Å². The summed E-state index contributed by atoms with van der Waals surface area (Å²) in [5, 5.41) is 24.8. The molecule has 1 aliphatic carbocycles. The molecule has 3 aromatic carbocycles. The summed E-state index contributed by atoms with van der Waals surface area (Å²) in [6.07, 6.45) is 3.45. The number of hydrogen-bond donors (Lipinski definition) is 3. The van der Waals surface area contributed by atoms with E-state index < -0.39 is 0 Å². The van der Waals surface area contributed by atoms with Gasteiger partial charge in [0.25, 0.3) is 0 Å². The molecule has 0 saturated heterocycles. The molecule has 2 heterocycles. The van der Waals surface area contributed by atoms with Gasteiger partial charge in [0, 0.05) is 53.0 Å². The number of aromatic nitrogens is 2. The number of rotatable bonds is 5. The third-order valence-electron chi connectivity index (χ3n) is 6.96. The standard InChI is InChI=1S/C29H30N2O3/c1-29(2,3)34-16-17-9-10-23-20(13-17)25-22-15-30-28(33)26(22)24-19-8-5-4-7-18(19)14-21(24)27(25)31(23)11-6-12-32/h4-5,7-10,13,15,30,32-33H,6,11-12,14,16H2,1-3H3. The number of fused-ring (bicyclic) bond motifs is 10. The maximum absolute atomic E-state index is 10.9. The molecule has 0 bridgehead atoms. The SMILES string of the molecule is CC(C)(C)OCc1ccc2c(c1)c1c3c[nH]c(O)c3c3c(c1n2CCCO)Cc1ccccc1-3.